The second-order valence-corrected chi connectivity index (χ2v) is 3.54. The molecular weight excluding hydrogens is 231 g/mol. The average molecular weight is 239 g/mol. The van der Waals surface area contributed by atoms with E-state index in [2.05, 4.69) is 4.98 Å². The minimum Gasteiger partial charge on any atom is -0.384 e. The highest BCUT2D eigenvalue weighted by Crippen LogP contribution is 2.23. The first-order chi connectivity index (χ1) is 8.06. The molecule has 0 aliphatic heterocycles. The van der Waals surface area contributed by atoms with Crippen molar-refractivity contribution in [3.63, 3.8) is 0 Å². The number of hydrogen-bond acceptors (Lipinski definition) is 2. The summed E-state index contributed by atoms with van der Waals surface area (Å²) in [5, 5.41) is 9.83. The largest absolute Gasteiger partial charge is 0.384 e. The highest BCUT2D eigenvalue weighted by molar-refractivity contribution is 5.29. The van der Waals surface area contributed by atoms with Crippen molar-refractivity contribution in [2.75, 3.05) is 0 Å². The van der Waals surface area contributed by atoms with Crippen molar-refractivity contribution in [3.05, 3.63) is 65.2 Å². The molecule has 0 bridgehead atoms. The SMILES string of the molecule is OC(c1cncc(F)c1)c1cc(F)cc(F)c1. The van der Waals surface area contributed by atoms with Crippen molar-refractivity contribution in [2.45, 2.75) is 6.10 Å². The summed E-state index contributed by atoms with van der Waals surface area (Å²) in [5.74, 6) is -2.23. The number of pyridine rings is 1. The van der Waals surface area contributed by atoms with Gasteiger partial charge in [0.1, 0.15) is 23.6 Å². The molecule has 2 nitrogen and oxygen atoms in total. The summed E-state index contributed by atoms with van der Waals surface area (Å²) in [4.78, 5) is 3.55. The van der Waals surface area contributed by atoms with Gasteiger partial charge in [0.15, 0.2) is 0 Å². The smallest absolute Gasteiger partial charge is 0.141 e. The first-order valence-electron chi connectivity index (χ1n) is 4.81. The number of rotatable bonds is 2. The normalized spacial score (nSPS) is 12.5. The third-order valence-electron chi connectivity index (χ3n) is 2.24. The molecule has 88 valence electrons. The van der Waals surface area contributed by atoms with E-state index in [1.165, 1.54) is 6.20 Å². The highest BCUT2D eigenvalue weighted by Gasteiger charge is 2.13. The highest BCUT2D eigenvalue weighted by atomic mass is 19.1. The van der Waals surface area contributed by atoms with Gasteiger partial charge in [-0.1, -0.05) is 0 Å². The summed E-state index contributed by atoms with van der Waals surface area (Å²) in [6, 6.07) is 3.72. The first-order valence-corrected chi connectivity index (χ1v) is 4.81. The number of aliphatic hydroxyl groups excluding tert-OH is 1. The molecule has 5 heteroatoms. The van der Waals surface area contributed by atoms with Gasteiger partial charge in [-0.25, -0.2) is 13.2 Å². The Morgan fingerprint density at radius 3 is 2.00 bits per heavy atom. The second kappa shape index (κ2) is 4.55. The van der Waals surface area contributed by atoms with E-state index in [1.807, 2.05) is 0 Å². The Balaban J connectivity index is 2.39. The Morgan fingerprint density at radius 1 is 0.824 bits per heavy atom. The van der Waals surface area contributed by atoms with Crippen molar-refractivity contribution in [3.8, 4) is 0 Å². The molecule has 1 unspecified atom stereocenters. The Bertz CT molecular complexity index is 525. The predicted octanol–water partition coefficient (Wildman–Crippen LogP) is 2.58. The molecule has 0 amide bonds. The van der Waals surface area contributed by atoms with E-state index in [0.29, 0.717) is 6.07 Å². The summed E-state index contributed by atoms with van der Waals surface area (Å²) < 4.78 is 38.8. The number of aliphatic hydroxyl groups is 1. The lowest BCUT2D eigenvalue weighted by molar-refractivity contribution is 0.218. The molecule has 0 saturated heterocycles. The van der Waals surface area contributed by atoms with Crippen LogP contribution in [0, 0.1) is 17.5 Å². The van der Waals surface area contributed by atoms with Gasteiger partial charge in [-0.2, -0.15) is 0 Å². The molecular formula is C12H8F3NO. The summed E-state index contributed by atoms with van der Waals surface area (Å²) in [5.41, 5.74) is 0.143. The molecule has 17 heavy (non-hydrogen) atoms. The van der Waals surface area contributed by atoms with Crippen LogP contribution in [0.5, 0.6) is 0 Å². The summed E-state index contributed by atoms with van der Waals surface area (Å²) in [6.07, 6.45) is 0.891. The van der Waals surface area contributed by atoms with Gasteiger partial charge in [-0.05, 0) is 23.8 Å². The van der Waals surface area contributed by atoms with E-state index in [4.69, 9.17) is 0 Å². The minimum atomic E-state index is -1.32. The Hall–Kier alpha value is -1.88. The molecule has 0 aliphatic carbocycles. The second-order valence-electron chi connectivity index (χ2n) is 3.54. The molecule has 1 aromatic heterocycles. The van der Waals surface area contributed by atoms with Crippen molar-refractivity contribution >= 4 is 0 Å². The van der Waals surface area contributed by atoms with Crippen LogP contribution in [-0.4, -0.2) is 10.1 Å². The standard InChI is InChI=1S/C12H8F3NO/c13-9-1-7(2-10(14)4-9)12(17)8-3-11(15)6-16-5-8/h1-6,12,17H. The fourth-order valence-corrected chi connectivity index (χ4v) is 1.50. The van der Waals surface area contributed by atoms with Crippen LogP contribution < -0.4 is 0 Å². The van der Waals surface area contributed by atoms with Crippen LogP contribution in [-0.2, 0) is 0 Å². The van der Waals surface area contributed by atoms with E-state index in [1.54, 1.807) is 0 Å². The average Bonchev–Trinajstić information content (AvgIpc) is 2.26. The van der Waals surface area contributed by atoms with E-state index in [0.717, 1.165) is 24.4 Å². The number of hydrogen-bond donors (Lipinski definition) is 1. The zero-order valence-corrected chi connectivity index (χ0v) is 8.57. The molecule has 1 heterocycles. The summed E-state index contributed by atoms with van der Waals surface area (Å²) in [6.45, 7) is 0. The van der Waals surface area contributed by atoms with Gasteiger partial charge >= 0.3 is 0 Å². The van der Waals surface area contributed by atoms with E-state index < -0.39 is 23.6 Å². The number of nitrogens with zero attached hydrogens (tertiary/aromatic N) is 1. The van der Waals surface area contributed by atoms with Gasteiger partial charge < -0.3 is 5.11 Å². The molecule has 1 N–H and O–H groups in total. The quantitative estimate of drug-likeness (QED) is 0.873. The van der Waals surface area contributed by atoms with Gasteiger partial charge in [0.2, 0.25) is 0 Å². The van der Waals surface area contributed by atoms with Crippen molar-refractivity contribution in [1.82, 2.24) is 4.98 Å². The fraction of sp³-hybridized carbons (Fsp3) is 0.0833. The van der Waals surface area contributed by atoms with Crippen LogP contribution in [0.25, 0.3) is 0 Å². The van der Waals surface area contributed by atoms with Gasteiger partial charge in [0, 0.05) is 17.8 Å². The van der Waals surface area contributed by atoms with Gasteiger partial charge in [0.25, 0.3) is 0 Å². The lowest BCUT2D eigenvalue weighted by atomic mass is 10.0. The molecule has 0 aliphatic rings. The minimum absolute atomic E-state index is 0.00917. The maximum atomic E-state index is 12.9. The van der Waals surface area contributed by atoms with E-state index in [-0.39, 0.29) is 11.1 Å². The molecule has 0 saturated carbocycles. The molecule has 0 fully saturated rings. The predicted molar refractivity (Wildman–Crippen MR) is 54.6 cm³/mol. The zero-order valence-electron chi connectivity index (χ0n) is 8.57. The molecule has 1 aromatic carbocycles. The van der Waals surface area contributed by atoms with Crippen LogP contribution in [0.3, 0.4) is 0 Å². The van der Waals surface area contributed by atoms with Crippen molar-refractivity contribution in [1.29, 1.82) is 0 Å². The molecule has 2 aromatic rings. The zero-order chi connectivity index (χ0) is 12.4. The van der Waals surface area contributed by atoms with Crippen molar-refractivity contribution < 1.29 is 18.3 Å². The molecule has 0 spiro atoms. The van der Waals surface area contributed by atoms with Crippen LogP contribution in [0.15, 0.2) is 36.7 Å². The van der Waals surface area contributed by atoms with Crippen molar-refractivity contribution in [2.24, 2.45) is 0 Å². The lowest BCUT2D eigenvalue weighted by Crippen LogP contribution is -2.02. The number of benzene rings is 1. The number of aromatic nitrogens is 1. The third kappa shape index (κ3) is 2.62. The Labute approximate surface area is 95.4 Å². The fourth-order valence-electron chi connectivity index (χ4n) is 1.50. The maximum Gasteiger partial charge on any atom is 0.141 e. The van der Waals surface area contributed by atoms with Crippen LogP contribution in [0.2, 0.25) is 0 Å². The topological polar surface area (TPSA) is 33.1 Å². The summed E-state index contributed by atoms with van der Waals surface area (Å²) in [7, 11) is 0. The Kier molecular flexibility index (Phi) is 3.10. The Morgan fingerprint density at radius 2 is 1.41 bits per heavy atom. The first kappa shape index (κ1) is 11.6. The monoisotopic (exact) mass is 239 g/mol. The molecule has 2 rings (SSSR count). The third-order valence-corrected chi connectivity index (χ3v) is 2.24. The van der Waals surface area contributed by atoms with Crippen LogP contribution >= 0.6 is 0 Å². The van der Waals surface area contributed by atoms with E-state index in [9.17, 15) is 18.3 Å². The van der Waals surface area contributed by atoms with Crippen LogP contribution in [0.4, 0.5) is 13.2 Å². The van der Waals surface area contributed by atoms with E-state index >= 15 is 0 Å². The van der Waals surface area contributed by atoms with Gasteiger partial charge in [-0.15, -0.1) is 0 Å². The van der Waals surface area contributed by atoms with Crippen LogP contribution in [0.1, 0.15) is 17.2 Å². The molecule has 1 atom stereocenters. The molecule has 0 radical (unpaired) electrons. The van der Waals surface area contributed by atoms with Gasteiger partial charge in [-0.3, -0.25) is 4.98 Å². The lowest BCUT2D eigenvalue weighted by Gasteiger charge is -2.11. The maximum absolute atomic E-state index is 12.9. The summed E-state index contributed by atoms with van der Waals surface area (Å²) >= 11 is 0. The van der Waals surface area contributed by atoms with Gasteiger partial charge in [0.05, 0.1) is 6.20 Å². The number of halogens is 3.